The fourth-order valence-electron chi connectivity index (χ4n) is 8.97. The highest BCUT2D eigenvalue weighted by Crippen LogP contribution is 2.68. The molecule has 0 amide bonds. The van der Waals surface area contributed by atoms with Crippen molar-refractivity contribution in [1.82, 2.24) is 5.16 Å². The lowest BCUT2D eigenvalue weighted by Gasteiger charge is -2.65. The lowest BCUT2D eigenvalue weighted by atomic mass is 9.39. The lowest BCUT2D eigenvalue weighted by molar-refractivity contribution is -0.155. The number of epoxide rings is 1. The highest BCUT2D eigenvalue weighted by Gasteiger charge is 2.63. The average molecular weight is 528 g/mol. The summed E-state index contributed by atoms with van der Waals surface area (Å²) in [7, 11) is 0. The lowest BCUT2D eigenvalue weighted by Crippen LogP contribution is -2.60. The number of rotatable bonds is 11. The minimum atomic E-state index is -0.0761. The van der Waals surface area contributed by atoms with E-state index in [-0.39, 0.29) is 27.1 Å². The molecule has 4 nitrogen and oxygen atoms in total. The standard InChI is InChI=1S/C34H57NO3/c1-12-29(3,4)15-17-32(9,27-22-37-27)18-16-30(5,6)34(11)14-13-25-31(7,8)28-24(21-35-38-28)20-33(25,10)26(34)19-23(2)36/h21,25-27H,12-20,22H2,1-11H3/t25-,26+,27?,32-,33-,34+/m0/s1. The Morgan fingerprint density at radius 3 is 2.26 bits per heavy atom. The third-order valence-electron chi connectivity index (χ3n) is 12.8. The van der Waals surface area contributed by atoms with Gasteiger partial charge in [0.1, 0.15) is 11.5 Å². The summed E-state index contributed by atoms with van der Waals surface area (Å²) < 4.78 is 11.8. The van der Waals surface area contributed by atoms with Crippen molar-refractivity contribution >= 4 is 5.78 Å². The summed E-state index contributed by atoms with van der Waals surface area (Å²) >= 11 is 0. The Morgan fingerprint density at radius 2 is 1.68 bits per heavy atom. The number of carbonyl (C=O) groups excluding carboxylic acids is 1. The van der Waals surface area contributed by atoms with Gasteiger partial charge in [-0.3, -0.25) is 0 Å². The number of fused-ring (bicyclic) bond motifs is 2. The van der Waals surface area contributed by atoms with E-state index in [9.17, 15) is 4.79 Å². The Kier molecular flexibility index (Phi) is 7.64. The number of aromatic nitrogens is 1. The van der Waals surface area contributed by atoms with Gasteiger partial charge in [0, 0.05) is 17.4 Å². The number of carbonyl (C=O) groups is 1. The monoisotopic (exact) mass is 527 g/mol. The van der Waals surface area contributed by atoms with E-state index >= 15 is 0 Å². The predicted molar refractivity (Wildman–Crippen MR) is 155 cm³/mol. The Balaban J connectivity index is 1.63. The summed E-state index contributed by atoms with van der Waals surface area (Å²) in [5.41, 5.74) is 1.99. The number of hydrogen-bond donors (Lipinski definition) is 0. The zero-order chi connectivity index (χ0) is 28.4. The summed E-state index contributed by atoms with van der Waals surface area (Å²) in [6, 6.07) is 0. The molecule has 1 unspecified atom stereocenters. The maximum Gasteiger partial charge on any atom is 0.145 e. The van der Waals surface area contributed by atoms with Crippen LogP contribution in [0.2, 0.25) is 0 Å². The molecule has 1 saturated heterocycles. The van der Waals surface area contributed by atoms with Gasteiger partial charge >= 0.3 is 0 Å². The van der Waals surface area contributed by atoms with E-state index < -0.39 is 0 Å². The smallest absolute Gasteiger partial charge is 0.145 e. The van der Waals surface area contributed by atoms with Gasteiger partial charge in [0.25, 0.3) is 0 Å². The van der Waals surface area contributed by atoms with Gasteiger partial charge < -0.3 is 14.1 Å². The Hall–Kier alpha value is -1.16. The van der Waals surface area contributed by atoms with Gasteiger partial charge in [-0.15, -0.1) is 0 Å². The molecule has 2 aliphatic carbocycles. The molecule has 0 radical (unpaired) electrons. The largest absolute Gasteiger partial charge is 0.373 e. The van der Waals surface area contributed by atoms with Crippen LogP contribution in [-0.2, 0) is 21.4 Å². The van der Waals surface area contributed by atoms with Gasteiger partial charge in [-0.05, 0) is 90.8 Å². The second-order valence-electron chi connectivity index (χ2n) is 16.4. The van der Waals surface area contributed by atoms with Crippen LogP contribution < -0.4 is 0 Å². The van der Waals surface area contributed by atoms with E-state index in [4.69, 9.17) is 9.26 Å². The second kappa shape index (κ2) is 9.74. The number of Topliss-reactive ketones (excluding diaryl/α,β-unsaturated/α-hetero) is 1. The van der Waals surface area contributed by atoms with Gasteiger partial charge in [0.05, 0.1) is 18.9 Å². The molecule has 3 aliphatic rings. The van der Waals surface area contributed by atoms with E-state index in [0.29, 0.717) is 35.6 Å². The number of nitrogens with zero attached hydrogens (tertiary/aromatic N) is 1. The molecule has 0 aromatic carbocycles. The SMILES string of the molecule is CCC(C)(C)CC[C@@](C)(CCC(C)(C)[C@]1(C)CC[C@H]2C(C)(C)c3oncc3C[C@]2(C)[C@H]1CC(C)=O)C1CO1. The molecule has 1 aliphatic heterocycles. The quantitative estimate of drug-likeness (QED) is 0.269. The molecular formula is C34H57NO3. The summed E-state index contributed by atoms with van der Waals surface area (Å²) in [4.78, 5) is 12.9. The van der Waals surface area contributed by atoms with Crippen molar-refractivity contribution in [2.75, 3.05) is 6.61 Å². The van der Waals surface area contributed by atoms with Crippen molar-refractivity contribution in [2.24, 2.45) is 38.9 Å². The van der Waals surface area contributed by atoms with Crippen molar-refractivity contribution in [3.05, 3.63) is 17.5 Å². The Morgan fingerprint density at radius 1 is 1.05 bits per heavy atom. The van der Waals surface area contributed by atoms with Crippen molar-refractivity contribution in [3.63, 3.8) is 0 Å². The van der Waals surface area contributed by atoms with E-state index in [1.54, 1.807) is 6.92 Å². The molecule has 38 heavy (non-hydrogen) atoms. The molecule has 1 aromatic heterocycles. The summed E-state index contributed by atoms with van der Waals surface area (Å²) in [6.07, 6.45) is 12.4. The third kappa shape index (κ3) is 5.06. The van der Waals surface area contributed by atoms with Crippen LogP contribution in [0.1, 0.15) is 139 Å². The first-order valence-corrected chi connectivity index (χ1v) is 15.5. The van der Waals surface area contributed by atoms with Crippen LogP contribution in [0, 0.1) is 38.9 Å². The zero-order valence-electron chi connectivity index (χ0n) is 26.6. The van der Waals surface area contributed by atoms with E-state index in [2.05, 4.69) is 74.4 Å². The third-order valence-corrected chi connectivity index (χ3v) is 12.8. The second-order valence-corrected chi connectivity index (χ2v) is 16.4. The van der Waals surface area contributed by atoms with Crippen LogP contribution in [0.25, 0.3) is 0 Å². The molecule has 1 aromatic rings. The van der Waals surface area contributed by atoms with Crippen molar-refractivity contribution in [2.45, 2.75) is 145 Å². The van der Waals surface area contributed by atoms with Crippen LogP contribution in [0.5, 0.6) is 0 Å². The molecule has 2 heterocycles. The first-order valence-electron chi connectivity index (χ1n) is 15.5. The highest BCUT2D eigenvalue weighted by atomic mass is 16.6. The van der Waals surface area contributed by atoms with Gasteiger partial charge in [0.15, 0.2) is 0 Å². The summed E-state index contributed by atoms with van der Waals surface area (Å²) in [5.74, 6) is 2.20. The Bertz CT molecular complexity index is 1020. The minimum Gasteiger partial charge on any atom is -0.373 e. The van der Waals surface area contributed by atoms with Crippen LogP contribution in [0.3, 0.4) is 0 Å². The molecular weight excluding hydrogens is 470 g/mol. The number of ether oxygens (including phenoxy) is 1. The van der Waals surface area contributed by atoms with Crippen LogP contribution >= 0.6 is 0 Å². The van der Waals surface area contributed by atoms with Crippen molar-refractivity contribution in [1.29, 1.82) is 0 Å². The van der Waals surface area contributed by atoms with Crippen LogP contribution in [-0.4, -0.2) is 23.7 Å². The molecule has 4 heteroatoms. The zero-order valence-corrected chi connectivity index (χ0v) is 26.6. The van der Waals surface area contributed by atoms with Crippen molar-refractivity contribution < 1.29 is 14.1 Å². The van der Waals surface area contributed by atoms with E-state index in [1.807, 2.05) is 6.20 Å². The van der Waals surface area contributed by atoms with Gasteiger partial charge in [-0.1, -0.05) is 80.8 Å². The molecule has 0 bridgehead atoms. The van der Waals surface area contributed by atoms with E-state index in [1.165, 1.54) is 44.1 Å². The predicted octanol–water partition coefficient (Wildman–Crippen LogP) is 8.95. The summed E-state index contributed by atoms with van der Waals surface area (Å²) in [6.45, 7) is 27.1. The molecule has 216 valence electrons. The minimum absolute atomic E-state index is 0.0338. The van der Waals surface area contributed by atoms with Gasteiger partial charge in [-0.2, -0.15) is 0 Å². The first-order chi connectivity index (χ1) is 17.4. The first kappa shape index (κ1) is 29.8. The number of hydrogen-bond acceptors (Lipinski definition) is 4. The fourth-order valence-corrected chi connectivity index (χ4v) is 8.97. The molecule has 0 N–H and O–H groups in total. The maximum absolute atomic E-state index is 12.9. The van der Waals surface area contributed by atoms with Crippen LogP contribution in [0.4, 0.5) is 0 Å². The number of ketones is 1. The molecule has 2 fully saturated rings. The Labute approximate surface area is 233 Å². The molecule has 6 atom stereocenters. The topological polar surface area (TPSA) is 55.6 Å². The molecule has 1 saturated carbocycles. The fraction of sp³-hybridized carbons (Fsp3) is 0.882. The highest BCUT2D eigenvalue weighted by molar-refractivity contribution is 5.76. The maximum atomic E-state index is 12.9. The van der Waals surface area contributed by atoms with Gasteiger partial charge in [0.2, 0.25) is 0 Å². The average Bonchev–Trinajstić information content (AvgIpc) is 3.57. The molecule has 4 rings (SSSR count). The van der Waals surface area contributed by atoms with Crippen LogP contribution in [0.15, 0.2) is 10.7 Å². The van der Waals surface area contributed by atoms with Gasteiger partial charge in [-0.25, -0.2) is 0 Å². The summed E-state index contributed by atoms with van der Waals surface area (Å²) in [5, 5.41) is 4.23. The molecule has 0 spiro atoms. The normalized spacial score (nSPS) is 34.2. The van der Waals surface area contributed by atoms with E-state index in [0.717, 1.165) is 25.2 Å². The van der Waals surface area contributed by atoms with Crippen molar-refractivity contribution in [3.8, 4) is 0 Å².